The lowest BCUT2D eigenvalue weighted by molar-refractivity contribution is -0.150. The predicted molar refractivity (Wildman–Crippen MR) is 132 cm³/mol. The van der Waals surface area contributed by atoms with Crippen LogP contribution in [0.2, 0.25) is 0 Å². The lowest BCUT2D eigenvalue weighted by atomic mass is 9.93. The minimum Gasteiger partial charge on any atom is -0.446 e. The highest BCUT2D eigenvalue weighted by Gasteiger charge is 2.30. The number of nitrogens with two attached hydrogens (primary N) is 1. The molecule has 1 saturated carbocycles. The summed E-state index contributed by atoms with van der Waals surface area (Å²) in [4.78, 5) is 40.0. The van der Waals surface area contributed by atoms with Gasteiger partial charge >= 0.3 is 6.09 Å². The molecule has 2 aliphatic rings. The maximum atomic E-state index is 12.3. The number of nitrogens with one attached hydrogen (secondary N) is 1. The van der Waals surface area contributed by atoms with E-state index in [0.717, 1.165) is 32.1 Å². The largest absolute Gasteiger partial charge is 0.446 e. The molecule has 0 spiro atoms. The van der Waals surface area contributed by atoms with E-state index in [1.165, 1.54) is 6.92 Å². The number of fused-ring (bicyclic) bond motifs is 1. The number of nitrogens with zero attached hydrogens (tertiary/aromatic N) is 5. The Bertz CT molecular complexity index is 1060. The number of amides is 2. The Hall–Kier alpha value is -2.99. The molecule has 1 aliphatic carbocycles. The first-order valence-electron chi connectivity index (χ1n) is 12.8. The molecule has 4 rings (SSSR count). The molecule has 3 atom stereocenters. The van der Waals surface area contributed by atoms with Crippen molar-refractivity contribution < 1.29 is 24.2 Å². The number of aromatic nitrogens is 4. The van der Waals surface area contributed by atoms with Gasteiger partial charge in [0.1, 0.15) is 23.7 Å². The molecule has 0 bridgehead atoms. The molecule has 4 N–H and O–H groups in total. The molecular formula is C24H37N7O5. The summed E-state index contributed by atoms with van der Waals surface area (Å²) >= 11 is 0. The van der Waals surface area contributed by atoms with Crippen molar-refractivity contribution >= 4 is 29.0 Å². The summed E-state index contributed by atoms with van der Waals surface area (Å²) in [6.07, 6.45) is 4.12. The van der Waals surface area contributed by atoms with Crippen LogP contribution in [0.25, 0.3) is 11.2 Å². The Kier molecular flexibility index (Phi) is 8.24. The third-order valence-corrected chi connectivity index (χ3v) is 6.94. The molecule has 36 heavy (non-hydrogen) atoms. The fraction of sp³-hybridized carbons (Fsp3) is 0.708. The predicted octanol–water partition coefficient (Wildman–Crippen LogP) is 1.77. The fourth-order valence-corrected chi connectivity index (χ4v) is 4.57. The lowest BCUT2D eigenvalue weighted by Gasteiger charge is -2.34. The first kappa shape index (κ1) is 26.1. The molecule has 12 heteroatoms. The van der Waals surface area contributed by atoms with E-state index >= 15 is 0 Å². The van der Waals surface area contributed by atoms with Crippen molar-refractivity contribution in [3.8, 4) is 0 Å². The second-order valence-electron chi connectivity index (χ2n) is 9.71. The van der Waals surface area contributed by atoms with E-state index in [9.17, 15) is 14.7 Å². The van der Waals surface area contributed by atoms with Crippen LogP contribution in [0.5, 0.6) is 0 Å². The van der Waals surface area contributed by atoms with E-state index in [4.69, 9.17) is 20.2 Å². The first-order chi connectivity index (χ1) is 17.3. The Balaban J connectivity index is 1.41. The van der Waals surface area contributed by atoms with Crippen LogP contribution in [-0.4, -0.2) is 79.5 Å². The number of ether oxygens (including phenoxy) is 2. The molecule has 1 saturated heterocycles. The number of hydrogen-bond acceptors (Lipinski definition) is 9. The van der Waals surface area contributed by atoms with Gasteiger partial charge in [0.25, 0.3) is 5.91 Å². The smallest absolute Gasteiger partial charge is 0.410 e. The number of carbonyl (C=O) groups is 2. The summed E-state index contributed by atoms with van der Waals surface area (Å²) in [5.41, 5.74) is 7.16. The number of rotatable bonds is 9. The molecule has 2 aromatic heterocycles. The van der Waals surface area contributed by atoms with Crippen LogP contribution in [0.1, 0.15) is 64.9 Å². The fourth-order valence-electron chi connectivity index (χ4n) is 4.57. The van der Waals surface area contributed by atoms with Gasteiger partial charge in [-0.25, -0.2) is 19.7 Å². The zero-order valence-corrected chi connectivity index (χ0v) is 21.2. The monoisotopic (exact) mass is 503 g/mol. The number of piperidine rings is 1. The van der Waals surface area contributed by atoms with Gasteiger partial charge in [0, 0.05) is 26.1 Å². The van der Waals surface area contributed by atoms with Gasteiger partial charge < -0.3 is 30.5 Å². The van der Waals surface area contributed by atoms with Gasteiger partial charge in [-0.15, -0.1) is 0 Å². The zero-order valence-electron chi connectivity index (χ0n) is 21.2. The number of imidazole rings is 1. The highest BCUT2D eigenvalue weighted by molar-refractivity contribution is 5.82. The summed E-state index contributed by atoms with van der Waals surface area (Å²) in [7, 11) is 0. The third kappa shape index (κ3) is 5.86. The van der Waals surface area contributed by atoms with Gasteiger partial charge in [-0.05, 0) is 58.8 Å². The topological polar surface area (TPSA) is 158 Å². The molecule has 12 nitrogen and oxygen atoms in total. The van der Waals surface area contributed by atoms with Crippen LogP contribution in [-0.2, 0) is 20.7 Å². The minimum atomic E-state index is -1.04. The van der Waals surface area contributed by atoms with Gasteiger partial charge in [0.15, 0.2) is 17.6 Å². The van der Waals surface area contributed by atoms with Gasteiger partial charge in [-0.2, -0.15) is 0 Å². The van der Waals surface area contributed by atoms with Crippen LogP contribution in [0.15, 0.2) is 6.33 Å². The summed E-state index contributed by atoms with van der Waals surface area (Å²) in [5.74, 6) is 0.803. The number of likely N-dealkylation sites (tertiary alicyclic amines) is 1. The summed E-state index contributed by atoms with van der Waals surface area (Å²) in [6, 6.07) is 0. The van der Waals surface area contributed by atoms with Crippen molar-refractivity contribution in [2.24, 2.45) is 5.92 Å². The minimum absolute atomic E-state index is 0.0893. The highest BCUT2D eigenvalue weighted by Crippen LogP contribution is 2.27. The van der Waals surface area contributed by atoms with E-state index < -0.39 is 18.4 Å². The van der Waals surface area contributed by atoms with Crippen molar-refractivity contribution in [3.05, 3.63) is 12.2 Å². The number of hydrogen-bond donors (Lipinski definition) is 3. The van der Waals surface area contributed by atoms with Crippen molar-refractivity contribution in [1.29, 1.82) is 0 Å². The SMILES string of the molecule is CCNC(=O)[C@@H](O[C@H](C)n1cnc2c(N)nc(CC3CCN(C(=O)OC4CCC4)CC3)nc21)C(C)O. The average molecular weight is 504 g/mol. The second-order valence-corrected chi connectivity index (χ2v) is 9.71. The highest BCUT2D eigenvalue weighted by atomic mass is 16.6. The van der Waals surface area contributed by atoms with E-state index in [0.29, 0.717) is 49.0 Å². The van der Waals surface area contributed by atoms with E-state index in [1.54, 1.807) is 29.6 Å². The molecule has 1 aliphatic heterocycles. The van der Waals surface area contributed by atoms with Crippen LogP contribution in [0.4, 0.5) is 10.6 Å². The van der Waals surface area contributed by atoms with Crippen molar-refractivity contribution in [1.82, 2.24) is 29.7 Å². The van der Waals surface area contributed by atoms with Gasteiger partial charge in [0.05, 0.1) is 12.4 Å². The summed E-state index contributed by atoms with van der Waals surface area (Å²) in [5, 5.41) is 12.7. The molecule has 1 unspecified atom stereocenters. The average Bonchev–Trinajstić information content (AvgIpc) is 3.24. The molecule has 2 aromatic rings. The standard InChI is InChI=1S/C24H37N7O5/c1-4-26-23(33)20(14(2)32)35-15(3)31-13-27-19-21(25)28-18(29-22(19)31)12-16-8-10-30(11-9-16)24(34)36-17-6-5-7-17/h13-17,20,32H,4-12H2,1-3H3,(H,26,33)(H2,25,28,29)/t14?,15-,20+/m1/s1. The quantitative estimate of drug-likeness (QED) is 0.464. The number of aliphatic hydroxyl groups is 1. The number of nitrogen functional groups attached to an aromatic ring is 1. The van der Waals surface area contributed by atoms with Crippen LogP contribution in [0, 0.1) is 5.92 Å². The molecule has 0 radical (unpaired) electrons. The van der Waals surface area contributed by atoms with Crippen molar-refractivity contribution in [2.75, 3.05) is 25.4 Å². The second kappa shape index (κ2) is 11.4. The van der Waals surface area contributed by atoms with Crippen molar-refractivity contribution in [3.63, 3.8) is 0 Å². The number of aliphatic hydroxyl groups excluding tert-OH is 1. The van der Waals surface area contributed by atoms with Crippen LogP contribution >= 0.6 is 0 Å². The lowest BCUT2D eigenvalue weighted by Crippen LogP contribution is -2.43. The normalized spacial score (nSPS) is 19.5. The molecule has 0 aromatic carbocycles. The molecule has 3 heterocycles. The molecule has 198 valence electrons. The summed E-state index contributed by atoms with van der Waals surface area (Å²) < 4.78 is 13.1. The molecular weight excluding hydrogens is 466 g/mol. The number of likely N-dealkylation sites (N-methyl/N-ethyl adjacent to an activating group) is 1. The zero-order chi connectivity index (χ0) is 25.8. The Morgan fingerprint density at radius 1 is 1.22 bits per heavy atom. The van der Waals surface area contributed by atoms with Gasteiger partial charge in [0.2, 0.25) is 0 Å². The molecule has 2 amide bonds. The van der Waals surface area contributed by atoms with Gasteiger partial charge in [-0.3, -0.25) is 9.36 Å². The van der Waals surface area contributed by atoms with Crippen molar-refractivity contribution in [2.45, 2.75) is 83.8 Å². The van der Waals surface area contributed by atoms with E-state index in [1.807, 2.05) is 0 Å². The van der Waals surface area contributed by atoms with Crippen LogP contribution < -0.4 is 11.1 Å². The third-order valence-electron chi connectivity index (χ3n) is 6.94. The van der Waals surface area contributed by atoms with Crippen LogP contribution in [0.3, 0.4) is 0 Å². The Morgan fingerprint density at radius 3 is 2.56 bits per heavy atom. The Morgan fingerprint density at radius 2 is 1.94 bits per heavy atom. The maximum Gasteiger partial charge on any atom is 0.410 e. The summed E-state index contributed by atoms with van der Waals surface area (Å²) in [6.45, 7) is 6.80. The Labute approximate surface area is 210 Å². The number of carbonyl (C=O) groups excluding carboxylic acids is 2. The maximum absolute atomic E-state index is 12.3. The first-order valence-corrected chi connectivity index (χ1v) is 12.8. The molecule has 2 fully saturated rings. The van der Waals surface area contributed by atoms with E-state index in [-0.39, 0.29) is 23.9 Å². The van der Waals surface area contributed by atoms with Gasteiger partial charge in [-0.1, -0.05) is 0 Å². The van der Waals surface area contributed by atoms with E-state index in [2.05, 4.69) is 15.3 Å². The number of anilines is 1.